The number of thioether (sulfide) groups is 1. The molecule has 0 bridgehead atoms. The molecule has 0 saturated carbocycles. The number of halogens is 1. The molecule has 1 heterocycles. The molecule has 106 valence electrons. The molecule has 6 heteroatoms. The van der Waals surface area contributed by atoms with Gasteiger partial charge in [-0.15, -0.1) is 0 Å². The van der Waals surface area contributed by atoms with Gasteiger partial charge in [0, 0.05) is 36.3 Å². The third-order valence-corrected chi connectivity index (χ3v) is 3.96. The Bertz CT molecular complexity index is 568. The number of hydrogen-bond acceptors (Lipinski definition) is 3. The first-order chi connectivity index (χ1) is 9.65. The number of nitrogens with one attached hydrogen (secondary N) is 1. The highest BCUT2D eigenvalue weighted by molar-refractivity contribution is 7.98. The van der Waals surface area contributed by atoms with Crippen molar-refractivity contribution in [2.45, 2.75) is 5.75 Å². The van der Waals surface area contributed by atoms with Crippen LogP contribution in [0, 0.1) is 0 Å². The first-order valence-corrected chi connectivity index (χ1v) is 7.77. The lowest BCUT2D eigenvalue weighted by molar-refractivity contribution is 0.0956. The number of benzene rings is 1. The van der Waals surface area contributed by atoms with Crippen LogP contribution < -0.4 is 5.32 Å². The topological polar surface area (TPSA) is 46.9 Å². The normalized spacial score (nSPS) is 10.5. The van der Waals surface area contributed by atoms with Crippen molar-refractivity contribution in [2.24, 2.45) is 7.05 Å². The minimum Gasteiger partial charge on any atom is -0.351 e. The molecule has 2 rings (SSSR count). The van der Waals surface area contributed by atoms with Crippen molar-refractivity contribution >= 4 is 29.3 Å². The van der Waals surface area contributed by atoms with Gasteiger partial charge in [0.2, 0.25) is 0 Å². The van der Waals surface area contributed by atoms with Crippen LogP contribution in [-0.2, 0) is 12.8 Å². The molecule has 2 aromatic rings. The molecule has 0 fully saturated rings. The van der Waals surface area contributed by atoms with E-state index < -0.39 is 0 Å². The zero-order valence-electron chi connectivity index (χ0n) is 11.2. The van der Waals surface area contributed by atoms with Crippen molar-refractivity contribution in [3.63, 3.8) is 0 Å². The zero-order chi connectivity index (χ0) is 14.4. The maximum absolute atomic E-state index is 11.7. The summed E-state index contributed by atoms with van der Waals surface area (Å²) in [5, 5.41) is 7.59. The van der Waals surface area contributed by atoms with Gasteiger partial charge in [-0.3, -0.25) is 9.48 Å². The largest absolute Gasteiger partial charge is 0.351 e. The van der Waals surface area contributed by atoms with Crippen LogP contribution in [0.25, 0.3) is 0 Å². The molecule has 1 N–H and O–H groups in total. The Morgan fingerprint density at radius 1 is 1.40 bits per heavy atom. The second kappa shape index (κ2) is 7.36. The van der Waals surface area contributed by atoms with Crippen LogP contribution in [0.4, 0.5) is 0 Å². The summed E-state index contributed by atoms with van der Waals surface area (Å²) >= 11 is 7.61. The lowest BCUT2D eigenvalue weighted by Crippen LogP contribution is -2.25. The summed E-state index contributed by atoms with van der Waals surface area (Å²) < 4.78 is 1.62. The van der Waals surface area contributed by atoms with E-state index in [1.807, 2.05) is 24.3 Å². The molecule has 0 saturated heterocycles. The third kappa shape index (κ3) is 4.58. The monoisotopic (exact) mass is 309 g/mol. The molecule has 0 atom stereocenters. The molecule has 1 amide bonds. The highest BCUT2D eigenvalue weighted by Crippen LogP contribution is 2.14. The fraction of sp³-hybridized carbons (Fsp3) is 0.286. The minimum atomic E-state index is -0.0785. The van der Waals surface area contributed by atoms with Gasteiger partial charge >= 0.3 is 0 Å². The van der Waals surface area contributed by atoms with Gasteiger partial charge in [-0.05, 0) is 17.7 Å². The number of carbonyl (C=O) groups excluding carboxylic acids is 1. The third-order valence-electron chi connectivity index (χ3n) is 2.68. The van der Waals surface area contributed by atoms with Gasteiger partial charge in [-0.1, -0.05) is 23.7 Å². The number of nitrogens with zero attached hydrogens (tertiary/aromatic N) is 2. The van der Waals surface area contributed by atoms with E-state index in [0.29, 0.717) is 12.1 Å². The Hall–Kier alpha value is -1.46. The van der Waals surface area contributed by atoms with Crippen molar-refractivity contribution in [1.29, 1.82) is 0 Å². The van der Waals surface area contributed by atoms with E-state index in [9.17, 15) is 4.79 Å². The van der Waals surface area contributed by atoms with E-state index >= 15 is 0 Å². The van der Waals surface area contributed by atoms with E-state index in [1.54, 1.807) is 35.9 Å². The Morgan fingerprint density at radius 2 is 2.15 bits per heavy atom. The molecule has 1 aromatic carbocycles. The molecule has 4 nitrogen and oxygen atoms in total. The number of amides is 1. The smallest absolute Gasteiger partial charge is 0.254 e. The Kier molecular flexibility index (Phi) is 5.49. The number of carbonyl (C=O) groups is 1. The predicted molar refractivity (Wildman–Crippen MR) is 83.2 cm³/mol. The van der Waals surface area contributed by atoms with Gasteiger partial charge in [-0.2, -0.15) is 16.9 Å². The fourth-order valence-corrected chi connectivity index (χ4v) is 2.59. The Morgan fingerprint density at radius 3 is 2.80 bits per heavy atom. The predicted octanol–water partition coefficient (Wildman–Crippen LogP) is 2.74. The molecule has 0 radical (unpaired) electrons. The molecule has 0 aliphatic rings. The molecule has 0 spiro atoms. The summed E-state index contributed by atoms with van der Waals surface area (Å²) in [5.41, 5.74) is 1.83. The van der Waals surface area contributed by atoms with Crippen molar-refractivity contribution in [2.75, 3.05) is 12.3 Å². The second-order valence-electron chi connectivity index (χ2n) is 4.34. The molecule has 0 unspecified atom stereocenters. The van der Waals surface area contributed by atoms with Gasteiger partial charge in [0.25, 0.3) is 5.91 Å². The van der Waals surface area contributed by atoms with Crippen molar-refractivity contribution in [3.05, 3.63) is 52.8 Å². The number of aryl methyl sites for hydroxylation is 1. The van der Waals surface area contributed by atoms with Gasteiger partial charge in [-0.25, -0.2) is 0 Å². The van der Waals surface area contributed by atoms with Crippen molar-refractivity contribution in [3.8, 4) is 0 Å². The minimum absolute atomic E-state index is 0.0785. The maximum Gasteiger partial charge on any atom is 0.254 e. The van der Waals surface area contributed by atoms with Crippen LogP contribution in [0.3, 0.4) is 0 Å². The van der Waals surface area contributed by atoms with Crippen LogP contribution in [0.1, 0.15) is 15.9 Å². The van der Waals surface area contributed by atoms with E-state index in [4.69, 9.17) is 11.6 Å². The molecular formula is C14H16ClN3OS. The average molecular weight is 310 g/mol. The average Bonchev–Trinajstić information content (AvgIpc) is 2.87. The maximum atomic E-state index is 11.7. The SMILES string of the molecule is Cn1cc(C(=O)NCCSCc2ccc(Cl)cc2)cn1. The van der Waals surface area contributed by atoms with Crippen LogP contribution >= 0.6 is 23.4 Å². The highest BCUT2D eigenvalue weighted by Gasteiger charge is 2.06. The Balaban J connectivity index is 1.64. The highest BCUT2D eigenvalue weighted by atomic mass is 35.5. The molecular weight excluding hydrogens is 294 g/mol. The number of aromatic nitrogens is 2. The van der Waals surface area contributed by atoms with Crippen LogP contribution in [0.5, 0.6) is 0 Å². The standard InChI is InChI=1S/C14H16ClN3OS/c1-18-9-12(8-17-18)14(19)16-6-7-20-10-11-2-4-13(15)5-3-11/h2-5,8-9H,6-7,10H2,1H3,(H,16,19). The van der Waals surface area contributed by atoms with E-state index in [2.05, 4.69) is 10.4 Å². The summed E-state index contributed by atoms with van der Waals surface area (Å²) in [4.78, 5) is 11.7. The summed E-state index contributed by atoms with van der Waals surface area (Å²) in [6.45, 7) is 0.645. The lowest BCUT2D eigenvalue weighted by atomic mass is 10.2. The molecule has 0 aliphatic heterocycles. The Labute approximate surface area is 127 Å². The summed E-state index contributed by atoms with van der Waals surface area (Å²) in [6, 6.07) is 7.82. The van der Waals surface area contributed by atoms with Crippen LogP contribution in [0.2, 0.25) is 5.02 Å². The zero-order valence-corrected chi connectivity index (χ0v) is 12.7. The quantitative estimate of drug-likeness (QED) is 0.835. The first kappa shape index (κ1) is 14.9. The number of hydrogen-bond donors (Lipinski definition) is 1. The van der Waals surface area contributed by atoms with E-state index in [1.165, 1.54) is 5.56 Å². The van der Waals surface area contributed by atoms with Crippen LogP contribution in [-0.4, -0.2) is 28.0 Å². The van der Waals surface area contributed by atoms with Gasteiger partial charge in [0.15, 0.2) is 0 Å². The summed E-state index contributed by atoms with van der Waals surface area (Å²) in [7, 11) is 1.79. The lowest BCUT2D eigenvalue weighted by Gasteiger charge is -2.04. The van der Waals surface area contributed by atoms with Gasteiger partial charge in [0.05, 0.1) is 11.8 Å². The van der Waals surface area contributed by atoms with Gasteiger partial charge < -0.3 is 5.32 Å². The molecule has 1 aromatic heterocycles. The fourth-order valence-electron chi connectivity index (χ4n) is 1.65. The first-order valence-electron chi connectivity index (χ1n) is 6.24. The number of rotatable bonds is 6. The molecule has 20 heavy (non-hydrogen) atoms. The van der Waals surface area contributed by atoms with Crippen molar-refractivity contribution in [1.82, 2.24) is 15.1 Å². The summed E-state index contributed by atoms with van der Waals surface area (Å²) in [6.07, 6.45) is 3.27. The van der Waals surface area contributed by atoms with E-state index in [0.717, 1.165) is 16.5 Å². The van der Waals surface area contributed by atoms with Gasteiger partial charge in [0.1, 0.15) is 0 Å². The van der Waals surface area contributed by atoms with E-state index in [-0.39, 0.29) is 5.91 Å². The van der Waals surface area contributed by atoms with Crippen molar-refractivity contribution < 1.29 is 4.79 Å². The van der Waals surface area contributed by atoms with Crippen LogP contribution in [0.15, 0.2) is 36.7 Å². The molecule has 0 aliphatic carbocycles. The second-order valence-corrected chi connectivity index (χ2v) is 5.88. The summed E-state index contributed by atoms with van der Waals surface area (Å²) in [5.74, 6) is 1.71.